The van der Waals surface area contributed by atoms with Crippen LogP contribution in [-0.4, -0.2) is 22.2 Å². The topological polar surface area (TPSA) is 46.9 Å². The number of hydrogen-bond acceptors (Lipinski definition) is 2. The van der Waals surface area contributed by atoms with E-state index in [9.17, 15) is 9.18 Å². The normalized spacial score (nSPS) is 11.0. The molecular weight excluding hydrogens is 269 g/mol. The van der Waals surface area contributed by atoms with E-state index in [1.165, 1.54) is 12.1 Å². The molecule has 0 bridgehead atoms. The number of rotatable bonds is 4. The van der Waals surface area contributed by atoms with Crippen molar-refractivity contribution in [1.82, 2.24) is 15.1 Å². The van der Waals surface area contributed by atoms with E-state index in [-0.39, 0.29) is 17.6 Å². The Balaban J connectivity index is 2.59. The highest BCUT2D eigenvalue weighted by atomic mass is 19.1. The quantitative estimate of drug-likeness (QED) is 0.939. The SMILES string of the molecule is CCNC(=O)c1c(C)nn(-c2ccc(F)cc2)c1C(C)C. The molecule has 0 radical (unpaired) electrons. The van der Waals surface area contributed by atoms with E-state index in [4.69, 9.17) is 0 Å². The van der Waals surface area contributed by atoms with Gasteiger partial charge < -0.3 is 5.32 Å². The van der Waals surface area contributed by atoms with Crippen molar-refractivity contribution in [2.24, 2.45) is 0 Å². The highest BCUT2D eigenvalue weighted by Crippen LogP contribution is 2.25. The van der Waals surface area contributed by atoms with Crippen LogP contribution in [0, 0.1) is 12.7 Å². The Kier molecular flexibility index (Phi) is 4.40. The number of hydrogen-bond donors (Lipinski definition) is 1. The lowest BCUT2D eigenvalue weighted by Crippen LogP contribution is -2.24. The second kappa shape index (κ2) is 6.08. The van der Waals surface area contributed by atoms with E-state index in [1.54, 1.807) is 16.8 Å². The van der Waals surface area contributed by atoms with Gasteiger partial charge in [-0.25, -0.2) is 9.07 Å². The molecule has 1 N–H and O–H groups in total. The van der Waals surface area contributed by atoms with Crippen LogP contribution in [0.4, 0.5) is 4.39 Å². The zero-order valence-electron chi connectivity index (χ0n) is 12.8. The molecule has 21 heavy (non-hydrogen) atoms. The largest absolute Gasteiger partial charge is 0.352 e. The Morgan fingerprint density at radius 2 is 1.95 bits per heavy atom. The van der Waals surface area contributed by atoms with Gasteiger partial charge in [0.05, 0.1) is 22.6 Å². The van der Waals surface area contributed by atoms with Gasteiger partial charge >= 0.3 is 0 Å². The lowest BCUT2D eigenvalue weighted by molar-refractivity contribution is 0.0954. The number of benzene rings is 1. The number of carbonyl (C=O) groups excluding carboxylic acids is 1. The molecule has 0 saturated heterocycles. The van der Waals surface area contributed by atoms with Crippen molar-refractivity contribution in [2.45, 2.75) is 33.6 Å². The monoisotopic (exact) mass is 289 g/mol. The molecule has 2 aromatic rings. The zero-order chi connectivity index (χ0) is 15.6. The van der Waals surface area contributed by atoms with E-state index in [0.717, 1.165) is 11.4 Å². The molecule has 0 saturated carbocycles. The van der Waals surface area contributed by atoms with E-state index in [2.05, 4.69) is 10.4 Å². The van der Waals surface area contributed by atoms with Gasteiger partial charge in [0, 0.05) is 6.54 Å². The van der Waals surface area contributed by atoms with Gasteiger partial charge in [-0.2, -0.15) is 5.10 Å². The average molecular weight is 289 g/mol. The van der Waals surface area contributed by atoms with Crippen LogP contribution < -0.4 is 5.32 Å². The minimum Gasteiger partial charge on any atom is -0.352 e. The van der Waals surface area contributed by atoms with Gasteiger partial charge in [-0.15, -0.1) is 0 Å². The molecule has 0 unspecified atom stereocenters. The Hall–Kier alpha value is -2.17. The first-order valence-corrected chi connectivity index (χ1v) is 7.09. The van der Waals surface area contributed by atoms with Gasteiger partial charge in [0.1, 0.15) is 5.82 Å². The maximum atomic E-state index is 13.1. The Labute approximate surface area is 124 Å². The van der Waals surface area contributed by atoms with Gasteiger partial charge in [0.25, 0.3) is 5.91 Å². The van der Waals surface area contributed by atoms with Gasteiger partial charge in [-0.1, -0.05) is 13.8 Å². The molecule has 1 aromatic carbocycles. The summed E-state index contributed by atoms with van der Waals surface area (Å²) in [7, 11) is 0. The summed E-state index contributed by atoms with van der Waals surface area (Å²) in [5.41, 5.74) is 2.87. The van der Waals surface area contributed by atoms with E-state index in [0.29, 0.717) is 17.8 Å². The molecule has 0 aliphatic rings. The molecule has 1 heterocycles. The molecule has 5 heteroatoms. The number of aryl methyl sites for hydroxylation is 1. The summed E-state index contributed by atoms with van der Waals surface area (Å²) in [5.74, 6) is -0.293. The summed E-state index contributed by atoms with van der Waals surface area (Å²) in [4.78, 5) is 12.3. The van der Waals surface area contributed by atoms with Crippen molar-refractivity contribution in [3.8, 4) is 5.69 Å². The predicted molar refractivity (Wildman–Crippen MR) is 80.4 cm³/mol. The van der Waals surface area contributed by atoms with Crippen molar-refractivity contribution in [1.29, 1.82) is 0 Å². The lowest BCUT2D eigenvalue weighted by Gasteiger charge is -2.12. The first kappa shape index (κ1) is 15.2. The number of halogens is 1. The van der Waals surface area contributed by atoms with Crippen molar-refractivity contribution < 1.29 is 9.18 Å². The number of aromatic nitrogens is 2. The molecule has 0 spiro atoms. The van der Waals surface area contributed by atoms with E-state index >= 15 is 0 Å². The minimum atomic E-state index is -0.294. The van der Waals surface area contributed by atoms with Gasteiger partial charge in [0.15, 0.2) is 0 Å². The highest BCUT2D eigenvalue weighted by Gasteiger charge is 2.23. The molecule has 2 rings (SSSR count). The van der Waals surface area contributed by atoms with Crippen LogP contribution in [-0.2, 0) is 0 Å². The maximum Gasteiger partial charge on any atom is 0.255 e. The first-order chi connectivity index (χ1) is 9.95. The summed E-state index contributed by atoms with van der Waals surface area (Å²) in [6.07, 6.45) is 0. The fraction of sp³-hybridized carbons (Fsp3) is 0.375. The van der Waals surface area contributed by atoms with Crippen LogP contribution in [0.2, 0.25) is 0 Å². The van der Waals surface area contributed by atoms with Crippen LogP contribution in [0.5, 0.6) is 0 Å². The molecule has 0 atom stereocenters. The third-order valence-electron chi connectivity index (χ3n) is 3.28. The summed E-state index contributed by atoms with van der Waals surface area (Å²) >= 11 is 0. The standard InChI is InChI=1S/C16H20FN3O/c1-5-18-16(21)14-11(4)19-20(15(14)10(2)3)13-8-6-12(17)7-9-13/h6-10H,5H2,1-4H3,(H,18,21). The Morgan fingerprint density at radius 3 is 2.48 bits per heavy atom. The third kappa shape index (κ3) is 2.96. The molecule has 0 fully saturated rings. The van der Waals surface area contributed by atoms with E-state index in [1.807, 2.05) is 27.7 Å². The van der Waals surface area contributed by atoms with Gasteiger partial charge in [-0.05, 0) is 44.0 Å². The second-order valence-electron chi connectivity index (χ2n) is 5.25. The maximum absolute atomic E-state index is 13.1. The second-order valence-corrected chi connectivity index (χ2v) is 5.25. The van der Waals surface area contributed by atoms with Crippen LogP contribution in [0.3, 0.4) is 0 Å². The van der Waals surface area contributed by atoms with Crippen LogP contribution in [0.15, 0.2) is 24.3 Å². The summed E-state index contributed by atoms with van der Waals surface area (Å²) in [5, 5.41) is 7.29. The molecule has 1 amide bonds. The molecule has 4 nitrogen and oxygen atoms in total. The molecule has 0 aliphatic carbocycles. The summed E-state index contributed by atoms with van der Waals surface area (Å²) in [6.45, 7) is 8.29. The Bertz CT molecular complexity index is 644. The number of nitrogens with one attached hydrogen (secondary N) is 1. The van der Waals surface area contributed by atoms with Crippen molar-refractivity contribution in [3.05, 3.63) is 47.0 Å². The average Bonchev–Trinajstić information content (AvgIpc) is 2.77. The number of nitrogens with zero attached hydrogens (tertiary/aromatic N) is 2. The molecule has 1 aromatic heterocycles. The first-order valence-electron chi connectivity index (χ1n) is 7.09. The van der Waals surface area contributed by atoms with Crippen molar-refractivity contribution >= 4 is 5.91 Å². The van der Waals surface area contributed by atoms with Crippen LogP contribution >= 0.6 is 0 Å². The highest BCUT2D eigenvalue weighted by molar-refractivity contribution is 5.96. The van der Waals surface area contributed by atoms with Gasteiger partial charge in [-0.3, -0.25) is 4.79 Å². The third-order valence-corrected chi connectivity index (χ3v) is 3.28. The minimum absolute atomic E-state index is 0.118. The number of amides is 1. The Morgan fingerprint density at radius 1 is 1.33 bits per heavy atom. The molecular formula is C16H20FN3O. The van der Waals surface area contributed by atoms with Crippen molar-refractivity contribution in [3.63, 3.8) is 0 Å². The zero-order valence-corrected chi connectivity index (χ0v) is 12.8. The number of carbonyl (C=O) groups is 1. The van der Waals surface area contributed by atoms with Gasteiger partial charge in [0.2, 0.25) is 0 Å². The fourth-order valence-electron chi connectivity index (χ4n) is 2.39. The smallest absolute Gasteiger partial charge is 0.255 e. The van der Waals surface area contributed by atoms with Crippen LogP contribution in [0.25, 0.3) is 5.69 Å². The fourth-order valence-corrected chi connectivity index (χ4v) is 2.39. The molecule has 112 valence electrons. The summed E-state index contributed by atoms with van der Waals surface area (Å²) in [6, 6.07) is 6.11. The lowest BCUT2D eigenvalue weighted by atomic mass is 10.0. The predicted octanol–water partition coefficient (Wildman–Crippen LogP) is 3.19. The van der Waals surface area contributed by atoms with Crippen LogP contribution in [0.1, 0.15) is 48.4 Å². The van der Waals surface area contributed by atoms with E-state index < -0.39 is 0 Å². The summed E-state index contributed by atoms with van der Waals surface area (Å²) < 4.78 is 14.8. The molecule has 0 aliphatic heterocycles. The van der Waals surface area contributed by atoms with Crippen molar-refractivity contribution in [2.75, 3.05) is 6.54 Å².